The summed E-state index contributed by atoms with van der Waals surface area (Å²) in [7, 11) is -3.00. The Morgan fingerprint density at radius 2 is 1.62 bits per heavy atom. The minimum atomic E-state index is -3.00. The van der Waals surface area contributed by atoms with Gasteiger partial charge in [0.05, 0.1) is 18.1 Å². The van der Waals surface area contributed by atoms with E-state index in [0.717, 1.165) is 58.4 Å². The van der Waals surface area contributed by atoms with Crippen LogP contribution in [0, 0.1) is 0 Å². The molecule has 2 heterocycles. The largest absolute Gasteiger partial charge is 0.335 e. The van der Waals surface area contributed by atoms with Crippen LogP contribution in [0.5, 0.6) is 0 Å². The fourth-order valence-electron chi connectivity index (χ4n) is 5.36. The van der Waals surface area contributed by atoms with Crippen molar-refractivity contribution in [2.75, 3.05) is 50.8 Å². The number of rotatable bonds is 7. The van der Waals surface area contributed by atoms with Crippen molar-refractivity contribution in [1.82, 2.24) is 14.7 Å². The van der Waals surface area contributed by atoms with Crippen LogP contribution in [0.1, 0.15) is 44.1 Å². The smallest absolute Gasteiger partial charge is 0.237 e. The molecule has 1 atom stereocenters. The van der Waals surface area contributed by atoms with Crippen LogP contribution < -0.4 is 0 Å². The van der Waals surface area contributed by atoms with Crippen molar-refractivity contribution in [2.45, 2.75) is 50.6 Å². The maximum absolute atomic E-state index is 13.4. The Hall–Kier alpha value is -1.70. The van der Waals surface area contributed by atoms with E-state index in [1.54, 1.807) is 0 Å². The van der Waals surface area contributed by atoms with Crippen LogP contribution in [0.25, 0.3) is 6.08 Å². The molecule has 0 spiro atoms. The maximum Gasteiger partial charge on any atom is 0.237 e. The number of sulfone groups is 1. The molecule has 1 amide bonds. The molecule has 1 unspecified atom stereocenters. The molecule has 3 fully saturated rings. The van der Waals surface area contributed by atoms with Gasteiger partial charge < -0.3 is 4.90 Å². The highest BCUT2D eigenvalue weighted by Gasteiger charge is 2.38. The quantitative estimate of drug-likeness (QED) is 0.627. The highest BCUT2D eigenvalue weighted by Crippen LogP contribution is 2.28. The van der Waals surface area contributed by atoms with Crippen molar-refractivity contribution in [3.63, 3.8) is 0 Å². The first-order valence-corrected chi connectivity index (χ1v) is 14.0. The molecule has 1 aromatic carbocycles. The predicted octanol–water partition coefficient (Wildman–Crippen LogP) is 2.67. The van der Waals surface area contributed by atoms with Crippen LogP contribution in [0.2, 0.25) is 0 Å². The highest BCUT2D eigenvalue weighted by molar-refractivity contribution is 7.91. The summed E-state index contributed by atoms with van der Waals surface area (Å²) in [5.41, 5.74) is 1.22. The second-order valence-corrected chi connectivity index (χ2v) is 11.8. The van der Waals surface area contributed by atoms with E-state index in [1.807, 2.05) is 23.1 Å². The van der Waals surface area contributed by atoms with Crippen molar-refractivity contribution in [2.24, 2.45) is 0 Å². The van der Waals surface area contributed by atoms with Crippen molar-refractivity contribution < 1.29 is 13.2 Å². The van der Waals surface area contributed by atoms with Crippen LogP contribution in [0.3, 0.4) is 0 Å². The summed E-state index contributed by atoms with van der Waals surface area (Å²) in [5.74, 6) is 0.511. The first-order valence-electron chi connectivity index (χ1n) is 12.2. The molecule has 0 N–H and O–H groups in total. The Kier molecular flexibility index (Phi) is 8.02. The highest BCUT2D eigenvalue weighted by atomic mass is 32.2. The van der Waals surface area contributed by atoms with Crippen molar-refractivity contribution in [1.29, 1.82) is 0 Å². The lowest BCUT2D eigenvalue weighted by Crippen LogP contribution is -2.54. The number of carbonyl (C=O) groups excluding carboxylic acids is 1. The molecular formula is C25H37N3O3S. The fraction of sp³-hybridized carbons (Fsp3) is 0.640. The summed E-state index contributed by atoms with van der Waals surface area (Å²) in [6, 6.07) is 10.4. The third-order valence-electron chi connectivity index (χ3n) is 7.16. The molecular weight excluding hydrogens is 422 g/mol. The molecule has 4 rings (SSSR count). The number of carbonyl (C=O) groups is 1. The third-order valence-corrected chi connectivity index (χ3v) is 8.91. The summed E-state index contributed by atoms with van der Waals surface area (Å²) < 4.78 is 24.2. The van der Waals surface area contributed by atoms with Gasteiger partial charge in [-0.3, -0.25) is 14.6 Å². The van der Waals surface area contributed by atoms with Gasteiger partial charge in [0.2, 0.25) is 5.91 Å². The van der Waals surface area contributed by atoms with Gasteiger partial charge in [0.25, 0.3) is 0 Å². The van der Waals surface area contributed by atoms with E-state index in [1.165, 1.54) is 12.0 Å². The predicted molar refractivity (Wildman–Crippen MR) is 129 cm³/mol. The first-order chi connectivity index (χ1) is 15.5. The molecule has 0 bridgehead atoms. The first kappa shape index (κ1) is 23.5. The monoisotopic (exact) mass is 459 g/mol. The second-order valence-electron chi connectivity index (χ2n) is 9.54. The SMILES string of the molecule is O=C(CN1CCN(C/C=C/c2ccccc2)CC1)N(C1CCCCC1)C1CCS(=O)(=O)C1. The molecule has 2 saturated heterocycles. The van der Waals surface area contributed by atoms with E-state index >= 15 is 0 Å². The lowest BCUT2D eigenvalue weighted by molar-refractivity contribution is -0.138. The molecule has 176 valence electrons. The summed E-state index contributed by atoms with van der Waals surface area (Å²) >= 11 is 0. The molecule has 32 heavy (non-hydrogen) atoms. The van der Waals surface area contributed by atoms with Gasteiger partial charge in [-0.25, -0.2) is 8.42 Å². The molecule has 2 aliphatic heterocycles. The maximum atomic E-state index is 13.4. The zero-order valence-corrected chi connectivity index (χ0v) is 19.9. The lowest BCUT2D eigenvalue weighted by atomic mass is 9.92. The van der Waals surface area contributed by atoms with Gasteiger partial charge in [0, 0.05) is 44.8 Å². The Morgan fingerprint density at radius 3 is 2.28 bits per heavy atom. The van der Waals surface area contributed by atoms with E-state index in [9.17, 15) is 13.2 Å². The van der Waals surface area contributed by atoms with Crippen molar-refractivity contribution in [3.8, 4) is 0 Å². The number of nitrogens with zero attached hydrogens (tertiary/aromatic N) is 3. The van der Waals surface area contributed by atoms with Crippen LogP contribution in [-0.4, -0.2) is 91.9 Å². The van der Waals surface area contributed by atoms with E-state index in [2.05, 4.69) is 34.1 Å². The molecule has 7 heteroatoms. The van der Waals surface area contributed by atoms with E-state index < -0.39 is 9.84 Å². The van der Waals surface area contributed by atoms with E-state index in [0.29, 0.717) is 13.0 Å². The molecule has 6 nitrogen and oxygen atoms in total. The zero-order chi connectivity index (χ0) is 22.4. The number of piperazine rings is 1. The number of hydrogen-bond donors (Lipinski definition) is 0. The number of amides is 1. The van der Waals surface area contributed by atoms with Crippen molar-refractivity contribution in [3.05, 3.63) is 42.0 Å². The van der Waals surface area contributed by atoms with E-state index in [-0.39, 0.29) is 29.5 Å². The van der Waals surface area contributed by atoms with Gasteiger partial charge in [-0.05, 0) is 24.8 Å². The summed E-state index contributed by atoms with van der Waals surface area (Å²) in [6.07, 6.45) is 10.5. The van der Waals surface area contributed by atoms with Gasteiger partial charge >= 0.3 is 0 Å². The van der Waals surface area contributed by atoms with E-state index in [4.69, 9.17) is 0 Å². The minimum Gasteiger partial charge on any atom is -0.335 e. The minimum absolute atomic E-state index is 0.125. The summed E-state index contributed by atoms with van der Waals surface area (Å²) in [6.45, 7) is 5.01. The Bertz CT molecular complexity index is 873. The molecule has 3 aliphatic rings. The fourth-order valence-corrected chi connectivity index (χ4v) is 7.08. The Morgan fingerprint density at radius 1 is 0.938 bits per heavy atom. The number of benzene rings is 1. The summed E-state index contributed by atoms with van der Waals surface area (Å²) in [4.78, 5) is 20.1. The lowest BCUT2D eigenvalue weighted by Gasteiger charge is -2.40. The van der Waals surface area contributed by atoms with Crippen LogP contribution in [0.4, 0.5) is 0 Å². The third kappa shape index (κ3) is 6.42. The Balaban J connectivity index is 1.28. The van der Waals surface area contributed by atoms with Crippen LogP contribution in [0.15, 0.2) is 36.4 Å². The molecule has 1 aromatic rings. The van der Waals surface area contributed by atoms with Gasteiger partial charge in [-0.1, -0.05) is 61.7 Å². The topological polar surface area (TPSA) is 60.9 Å². The normalized spacial score (nSPS) is 25.3. The molecule has 0 aromatic heterocycles. The average Bonchev–Trinajstić information content (AvgIpc) is 3.15. The standard InChI is InChI=1S/C25H37N3O3S/c29-25(28(23-11-5-2-6-12-23)24-13-19-32(30,31)21-24)20-27-17-15-26(16-18-27)14-7-10-22-8-3-1-4-9-22/h1,3-4,7-10,23-24H,2,5-6,11-21H2/b10-7+. The molecule has 0 radical (unpaired) electrons. The Labute approximate surface area is 193 Å². The summed E-state index contributed by atoms with van der Waals surface area (Å²) in [5, 5.41) is 0. The van der Waals surface area contributed by atoms with Gasteiger partial charge in [0.15, 0.2) is 9.84 Å². The zero-order valence-electron chi connectivity index (χ0n) is 19.1. The molecule has 1 saturated carbocycles. The number of hydrogen-bond acceptors (Lipinski definition) is 5. The second kappa shape index (κ2) is 10.9. The van der Waals surface area contributed by atoms with Crippen LogP contribution in [-0.2, 0) is 14.6 Å². The van der Waals surface area contributed by atoms with Gasteiger partial charge in [0.1, 0.15) is 0 Å². The van der Waals surface area contributed by atoms with Gasteiger partial charge in [-0.15, -0.1) is 0 Å². The average molecular weight is 460 g/mol. The van der Waals surface area contributed by atoms with Crippen LogP contribution >= 0.6 is 0 Å². The molecule has 1 aliphatic carbocycles. The van der Waals surface area contributed by atoms with Gasteiger partial charge in [-0.2, -0.15) is 0 Å². The van der Waals surface area contributed by atoms with Crippen molar-refractivity contribution >= 4 is 21.8 Å².